The number of nitrogens with one attached hydrogen (secondary N) is 2. The number of carbonyl (C=O) groups excluding carboxylic acids is 1. The van der Waals surface area contributed by atoms with Crippen LogP contribution in [0.25, 0.3) is 0 Å². The molecule has 9 heteroatoms. The van der Waals surface area contributed by atoms with Crippen LogP contribution in [0.4, 0.5) is 10.5 Å². The van der Waals surface area contributed by atoms with E-state index in [1.165, 1.54) is 13.2 Å². The van der Waals surface area contributed by atoms with Gasteiger partial charge < -0.3 is 24.6 Å². The third kappa shape index (κ3) is 4.92. The fourth-order valence-corrected chi connectivity index (χ4v) is 2.04. The second-order valence-corrected chi connectivity index (χ2v) is 5.14. The lowest BCUT2D eigenvalue weighted by Gasteiger charge is -2.12. The largest absolute Gasteiger partial charge is 0.495 e. The van der Waals surface area contributed by atoms with E-state index >= 15 is 0 Å². The van der Waals surface area contributed by atoms with Crippen LogP contribution in [0.1, 0.15) is 30.2 Å². The van der Waals surface area contributed by atoms with E-state index in [0.29, 0.717) is 41.7 Å². The molecule has 2 N–H and O–H groups in total. The first-order valence-electron chi connectivity index (χ1n) is 7.54. The summed E-state index contributed by atoms with van der Waals surface area (Å²) in [6.45, 7) is 2.21. The van der Waals surface area contributed by atoms with Crippen molar-refractivity contribution < 1.29 is 18.8 Å². The molecule has 1 heterocycles. The van der Waals surface area contributed by atoms with Gasteiger partial charge in [0.1, 0.15) is 17.9 Å². The lowest BCUT2D eigenvalue weighted by atomic mass is 10.2. The molecule has 0 aliphatic carbocycles. The number of ether oxygens (including phenoxy) is 2. The molecule has 0 bridgehead atoms. The molecule has 132 valence electrons. The Labute approximate surface area is 144 Å². The number of hydrogen-bond donors (Lipinski definition) is 2. The Hall–Kier alpha value is -3.12. The predicted octanol–water partition coefficient (Wildman–Crippen LogP) is 2.02. The summed E-state index contributed by atoms with van der Waals surface area (Å²) in [5, 5.41) is 18.2. The highest BCUT2D eigenvalue weighted by Gasteiger charge is 2.17. The lowest BCUT2D eigenvalue weighted by molar-refractivity contribution is 0.199. The molecule has 2 amide bonds. The maximum Gasteiger partial charge on any atom is 0.319 e. The zero-order chi connectivity index (χ0) is 18.2. The minimum atomic E-state index is -0.475. The van der Waals surface area contributed by atoms with E-state index in [-0.39, 0.29) is 0 Å². The van der Waals surface area contributed by atoms with E-state index in [4.69, 9.17) is 19.3 Å². The molecule has 0 saturated carbocycles. The molecule has 0 aliphatic heterocycles. The van der Waals surface area contributed by atoms with Crippen LogP contribution in [-0.2, 0) is 11.2 Å². The van der Waals surface area contributed by atoms with Crippen molar-refractivity contribution in [2.45, 2.75) is 19.4 Å². The summed E-state index contributed by atoms with van der Waals surface area (Å²) in [7, 11) is 3.06. The molecule has 9 nitrogen and oxygen atoms in total. The molecule has 0 fully saturated rings. The van der Waals surface area contributed by atoms with Crippen LogP contribution in [0.2, 0.25) is 0 Å². The molecule has 0 unspecified atom stereocenters. The summed E-state index contributed by atoms with van der Waals surface area (Å²) >= 11 is 0. The maximum atomic E-state index is 12.1. The first kappa shape index (κ1) is 18.2. The quantitative estimate of drug-likeness (QED) is 0.787. The second kappa shape index (κ2) is 8.65. The molecule has 0 radical (unpaired) electrons. The molecule has 0 spiro atoms. The summed E-state index contributed by atoms with van der Waals surface area (Å²) in [6.07, 6.45) is 0.529. The first-order valence-corrected chi connectivity index (χ1v) is 7.54. The highest BCUT2D eigenvalue weighted by Crippen LogP contribution is 2.21. The minimum Gasteiger partial charge on any atom is -0.495 e. The summed E-state index contributed by atoms with van der Waals surface area (Å²) < 4.78 is 15.1. The standard InChI is InChI=1S/C16H19N5O4/c1-10(15-20-14(21-25-15)6-7-23-2)18-16(22)19-12-4-5-13(24-3)11(8-12)9-17/h4-5,8,10H,6-7H2,1-3H3,(H2,18,19,22)/t10-/m1/s1. The van der Waals surface area contributed by atoms with Crippen molar-refractivity contribution in [1.82, 2.24) is 15.5 Å². The molecule has 1 aromatic heterocycles. The highest BCUT2D eigenvalue weighted by molar-refractivity contribution is 5.89. The maximum absolute atomic E-state index is 12.1. The van der Waals surface area contributed by atoms with Crippen molar-refractivity contribution in [2.75, 3.05) is 26.1 Å². The number of methoxy groups -OCH3 is 2. The normalized spacial score (nSPS) is 11.4. The van der Waals surface area contributed by atoms with Crippen LogP contribution in [0.3, 0.4) is 0 Å². The van der Waals surface area contributed by atoms with Crippen LogP contribution in [0, 0.1) is 11.3 Å². The van der Waals surface area contributed by atoms with Crippen LogP contribution < -0.4 is 15.4 Å². The van der Waals surface area contributed by atoms with Crippen molar-refractivity contribution in [1.29, 1.82) is 5.26 Å². The molecule has 2 rings (SSSR count). The smallest absolute Gasteiger partial charge is 0.319 e. The van der Waals surface area contributed by atoms with E-state index in [9.17, 15) is 4.79 Å². The fraction of sp³-hybridized carbons (Fsp3) is 0.375. The van der Waals surface area contributed by atoms with E-state index in [0.717, 1.165) is 0 Å². The van der Waals surface area contributed by atoms with Crippen molar-refractivity contribution >= 4 is 11.7 Å². The number of rotatable bonds is 7. The number of carbonyl (C=O) groups is 1. The van der Waals surface area contributed by atoms with Crippen LogP contribution in [0.15, 0.2) is 22.7 Å². The Morgan fingerprint density at radius 2 is 2.24 bits per heavy atom. The average Bonchev–Trinajstić information content (AvgIpc) is 3.08. The number of anilines is 1. The lowest BCUT2D eigenvalue weighted by Crippen LogP contribution is -2.31. The van der Waals surface area contributed by atoms with Gasteiger partial charge in [0.05, 0.1) is 19.3 Å². The average molecular weight is 345 g/mol. The Balaban J connectivity index is 1.95. The van der Waals surface area contributed by atoms with E-state index in [1.807, 2.05) is 6.07 Å². The molecule has 1 aromatic carbocycles. The molecule has 0 aliphatic rings. The highest BCUT2D eigenvalue weighted by atomic mass is 16.5. The van der Waals surface area contributed by atoms with E-state index in [1.54, 1.807) is 26.2 Å². The zero-order valence-electron chi connectivity index (χ0n) is 14.2. The van der Waals surface area contributed by atoms with Gasteiger partial charge in [-0.1, -0.05) is 5.16 Å². The molecular formula is C16H19N5O4. The van der Waals surface area contributed by atoms with Gasteiger partial charge in [-0.2, -0.15) is 10.2 Å². The van der Waals surface area contributed by atoms with Gasteiger partial charge in [-0.25, -0.2) is 4.79 Å². The van der Waals surface area contributed by atoms with Crippen LogP contribution in [0.5, 0.6) is 5.75 Å². The number of benzene rings is 1. The molecule has 1 atom stereocenters. The van der Waals surface area contributed by atoms with Gasteiger partial charge in [0, 0.05) is 19.2 Å². The Morgan fingerprint density at radius 3 is 2.92 bits per heavy atom. The third-order valence-electron chi connectivity index (χ3n) is 3.31. The van der Waals surface area contributed by atoms with Gasteiger partial charge in [-0.3, -0.25) is 0 Å². The molecule has 0 saturated heterocycles. The van der Waals surface area contributed by atoms with Crippen molar-refractivity contribution in [3.63, 3.8) is 0 Å². The molecule has 2 aromatic rings. The molecular weight excluding hydrogens is 326 g/mol. The van der Waals surface area contributed by atoms with Gasteiger partial charge in [0.25, 0.3) is 0 Å². The number of aromatic nitrogens is 2. The Kier molecular flexibility index (Phi) is 6.31. The summed E-state index contributed by atoms with van der Waals surface area (Å²) in [5.74, 6) is 1.25. The van der Waals surface area contributed by atoms with Crippen molar-refractivity contribution in [3.8, 4) is 11.8 Å². The van der Waals surface area contributed by atoms with E-state index in [2.05, 4.69) is 20.8 Å². The van der Waals surface area contributed by atoms with Gasteiger partial charge in [0.2, 0.25) is 5.89 Å². The predicted molar refractivity (Wildman–Crippen MR) is 88.2 cm³/mol. The topological polar surface area (TPSA) is 122 Å². The first-order chi connectivity index (χ1) is 12.1. The minimum absolute atomic E-state index is 0.300. The summed E-state index contributed by atoms with van der Waals surface area (Å²) in [4.78, 5) is 16.3. The summed E-state index contributed by atoms with van der Waals surface area (Å²) in [6, 6.07) is 5.85. The van der Waals surface area contributed by atoms with Gasteiger partial charge >= 0.3 is 6.03 Å². The number of hydrogen-bond acceptors (Lipinski definition) is 7. The van der Waals surface area contributed by atoms with Gasteiger partial charge in [-0.05, 0) is 25.1 Å². The molecule has 25 heavy (non-hydrogen) atoms. The Morgan fingerprint density at radius 1 is 1.44 bits per heavy atom. The van der Waals surface area contributed by atoms with Gasteiger partial charge in [0.15, 0.2) is 5.82 Å². The van der Waals surface area contributed by atoms with Crippen molar-refractivity contribution in [2.24, 2.45) is 0 Å². The Bertz CT molecular complexity index is 768. The second-order valence-electron chi connectivity index (χ2n) is 5.14. The zero-order valence-corrected chi connectivity index (χ0v) is 14.2. The number of urea groups is 1. The van der Waals surface area contributed by atoms with Crippen molar-refractivity contribution in [3.05, 3.63) is 35.5 Å². The monoisotopic (exact) mass is 345 g/mol. The number of nitriles is 1. The fourth-order valence-electron chi connectivity index (χ4n) is 2.04. The van der Waals surface area contributed by atoms with E-state index < -0.39 is 12.1 Å². The SMILES string of the molecule is COCCc1noc([C@@H](C)NC(=O)Nc2ccc(OC)c(C#N)c2)n1. The van der Waals surface area contributed by atoms with Crippen LogP contribution >= 0.6 is 0 Å². The van der Waals surface area contributed by atoms with Crippen LogP contribution in [-0.4, -0.2) is 37.0 Å². The third-order valence-corrected chi connectivity index (χ3v) is 3.31. The number of amides is 2. The summed E-state index contributed by atoms with van der Waals surface area (Å²) in [5.41, 5.74) is 0.793. The van der Waals surface area contributed by atoms with Gasteiger partial charge in [-0.15, -0.1) is 0 Å². The number of nitrogens with zero attached hydrogens (tertiary/aromatic N) is 3.